The lowest BCUT2D eigenvalue weighted by Gasteiger charge is -2.25. The predicted molar refractivity (Wildman–Crippen MR) is 51.8 cm³/mol. The van der Waals surface area contributed by atoms with Crippen molar-refractivity contribution in [1.82, 2.24) is 0 Å². The van der Waals surface area contributed by atoms with Crippen molar-refractivity contribution in [3.05, 3.63) is 35.4 Å². The molecule has 1 aromatic carbocycles. The van der Waals surface area contributed by atoms with Crippen LogP contribution in [0.25, 0.3) is 0 Å². The fraction of sp³-hybridized carbons (Fsp3) is 0.364. The Labute approximate surface area is 77.8 Å². The number of carbonyl (C=O) groups is 1. The Hall–Kier alpha value is -1.15. The van der Waals surface area contributed by atoms with Gasteiger partial charge in [-0.3, -0.25) is 4.79 Å². The highest BCUT2D eigenvalue weighted by atomic mass is 16.1. The van der Waals surface area contributed by atoms with Crippen molar-refractivity contribution in [2.24, 2.45) is 5.73 Å². The second-order valence-electron chi connectivity index (χ2n) is 3.69. The number of nitrogens with two attached hydrogens (primary N) is 1. The molecule has 2 unspecified atom stereocenters. The molecular weight excluding hydrogens is 162 g/mol. The van der Waals surface area contributed by atoms with Crippen LogP contribution in [0.15, 0.2) is 24.3 Å². The average molecular weight is 175 g/mol. The Morgan fingerprint density at radius 3 is 2.85 bits per heavy atom. The van der Waals surface area contributed by atoms with Crippen LogP contribution in [-0.4, -0.2) is 11.8 Å². The number of hydrogen-bond donors (Lipinski definition) is 1. The minimum atomic E-state index is -0.301. The third kappa shape index (κ3) is 1.27. The van der Waals surface area contributed by atoms with Crippen molar-refractivity contribution in [2.45, 2.75) is 25.3 Å². The number of Topliss-reactive ketones (excluding diaryl/α,β-unsaturated/α-hetero) is 1. The Bertz CT molecular complexity index is 346. The second kappa shape index (κ2) is 2.96. The van der Waals surface area contributed by atoms with E-state index in [1.54, 1.807) is 0 Å². The minimum absolute atomic E-state index is 0.0914. The zero-order chi connectivity index (χ0) is 9.42. The van der Waals surface area contributed by atoms with E-state index >= 15 is 0 Å². The standard InChI is InChI=1S/C11H13NO/c1-7-6-10(12)11(13)9-5-3-2-4-8(7)9/h2-5,7,10H,6,12H2,1H3. The van der Waals surface area contributed by atoms with E-state index in [-0.39, 0.29) is 11.8 Å². The summed E-state index contributed by atoms with van der Waals surface area (Å²) in [6, 6.07) is 7.45. The smallest absolute Gasteiger partial charge is 0.179 e. The van der Waals surface area contributed by atoms with Crippen molar-refractivity contribution >= 4 is 5.78 Å². The number of ketones is 1. The molecular formula is C11H13NO. The summed E-state index contributed by atoms with van der Waals surface area (Å²) < 4.78 is 0. The molecule has 0 aliphatic heterocycles. The van der Waals surface area contributed by atoms with Gasteiger partial charge in [-0.15, -0.1) is 0 Å². The van der Waals surface area contributed by atoms with Gasteiger partial charge in [0.2, 0.25) is 0 Å². The third-order valence-electron chi connectivity index (χ3n) is 2.70. The van der Waals surface area contributed by atoms with Gasteiger partial charge in [0.25, 0.3) is 0 Å². The number of rotatable bonds is 0. The maximum atomic E-state index is 11.6. The zero-order valence-corrected chi connectivity index (χ0v) is 7.66. The summed E-state index contributed by atoms with van der Waals surface area (Å²) in [5.74, 6) is 0.498. The second-order valence-corrected chi connectivity index (χ2v) is 3.69. The van der Waals surface area contributed by atoms with Gasteiger partial charge in [0, 0.05) is 5.56 Å². The maximum Gasteiger partial charge on any atom is 0.179 e. The summed E-state index contributed by atoms with van der Waals surface area (Å²) in [7, 11) is 0. The van der Waals surface area contributed by atoms with Gasteiger partial charge in [0.15, 0.2) is 5.78 Å². The fourth-order valence-corrected chi connectivity index (χ4v) is 1.97. The van der Waals surface area contributed by atoms with Crippen molar-refractivity contribution in [3.8, 4) is 0 Å². The predicted octanol–water partition coefficient (Wildman–Crippen LogP) is 1.70. The van der Waals surface area contributed by atoms with Crippen LogP contribution in [0.4, 0.5) is 0 Å². The quantitative estimate of drug-likeness (QED) is 0.652. The van der Waals surface area contributed by atoms with Gasteiger partial charge < -0.3 is 5.73 Å². The lowest BCUT2D eigenvalue weighted by Crippen LogP contribution is -2.36. The van der Waals surface area contributed by atoms with Gasteiger partial charge in [-0.1, -0.05) is 31.2 Å². The van der Waals surface area contributed by atoms with Gasteiger partial charge in [0.1, 0.15) is 0 Å². The van der Waals surface area contributed by atoms with Gasteiger partial charge >= 0.3 is 0 Å². The monoisotopic (exact) mass is 175 g/mol. The first-order valence-corrected chi connectivity index (χ1v) is 4.59. The van der Waals surface area contributed by atoms with Crippen molar-refractivity contribution in [1.29, 1.82) is 0 Å². The van der Waals surface area contributed by atoms with E-state index in [1.165, 1.54) is 0 Å². The van der Waals surface area contributed by atoms with Crippen molar-refractivity contribution < 1.29 is 4.79 Å². The highest BCUT2D eigenvalue weighted by Gasteiger charge is 2.28. The molecule has 0 aromatic heterocycles. The molecule has 0 heterocycles. The van der Waals surface area contributed by atoms with E-state index in [0.29, 0.717) is 5.92 Å². The summed E-state index contributed by atoms with van der Waals surface area (Å²) in [6.07, 6.45) is 0.774. The minimum Gasteiger partial charge on any atom is -0.321 e. The first-order chi connectivity index (χ1) is 6.20. The average Bonchev–Trinajstić information content (AvgIpc) is 2.15. The first kappa shape index (κ1) is 8.45. The molecule has 2 heteroatoms. The summed E-state index contributed by atoms with van der Waals surface area (Å²) in [5.41, 5.74) is 7.70. The molecule has 0 amide bonds. The normalized spacial score (nSPS) is 27.1. The van der Waals surface area contributed by atoms with Crippen LogP contribution in [-0.2, 0) is 0 Å². The third-order valence-corrected chi connectivity index (χ3v) is 2.70. The molecule has 0 radical (unpaired) electrons. The molecule has 1 aromatic rings. The molecule has 2 atom stereocenters. The Morgan fingerprint density at radius 2 is 2.08 bits per heavy atom. The molecule has 0 saturated heterocycles. The van der Waals surface area contributed by atoms with Crippen LogP contribution in [0.5, 0.6) is 0 Å². The van der Waals surface area contributed by atoms with Crippen LogP contribution < -0.4 is 5.73 Å². The van der Waals surface area contributed by atoms with E-state index < -0.39 is 0 Å². The molecule has 1 aliphatic rings. The number of fused-ring (bicyclic) bond motifs is 1. The molecule has 0 fully saturated rings. The van der Waals surface area contributed by atoms with Crippen LogP contribution in [0.3, 0.4) is 0 Å². The molecule has 0 spiro atoms. The maximum absolute atomic E-state index is 11.6. The number of carbonyl (C=O) groups excluding carboxylic acids is 1. The van der Waals surface area contributed by atoms with Gasteiger partial charge in [-0.25, -0.2) is 0 Å². The summed E-state index contributed by atoms with van der Waals surface area (Å²) in [5, 5.41) is 0. The lowest BCUT2D eigenvalue weighted by atomic mass is 9.81. The topological polar surface area (TPSA) is 43.1 Å². The van der Waals surface area contributed by atoms with E-state index in [4.69, 9.17) is 5.73 Å². The molecule has 13 heavy (non-hydrogen) atoms. The van der Waals surface area contributed by atoms with Crippen LogP contribution in [0.1, 0.15) is 35.2 Å². The zero-order valence-electron chi connectivity index (χ0n) is 7.66. The Balaban J connectivity index is 2.54. The van der Waals surface area contributed by atoms with Crippen LogP contribution in [0.2, 0.25) is 0 Å². The van der Waals surface area contributed by atoms with Gasteiger partial charge in [-0.2, -0.15) is 0 Å². The largest absolute Gasteiger partial charge is 0.321 e. The molecule has 68 valence electrons. The molecule has 1 aliphatic carbocycles. The van der Waals surface area contributed by atoms with E-state index in [9.17, 15) is 4.79 Å². The molecule has 2 nitrogen and oxygen atoms in total. The van der Waals surface area contributed by atoms with Crippen LogP contribution in [0, 0.1) is 0 Å². The van der Waals surface area contributed by atoms with Gasteiger partial charge in [0.05, 0.1) is 6.04 Å². The van der Waals surface area contributed by atoms with E-state index in [1.807, 2.05) is 24.3 Å². The molecule has 0 saturated carbocycles. The Kier molecular flexibility index (Phi) is 1.93. The van der Waals surface area contributed by atoms with Crippen LogP contribution >= 0.6 is 0 Å². The summed E-state index contributed by atoms with van der Waals surface area (Å²) >= 11 is 0. The molecule has 2 rings (SSSR count). The molecule has 0 bridgehead atoms. The summed E-state index contributed by atoms with van der Waals surface area (Å²) in [6.45, 7) is 2.12. The summed E-state index contributed by atoms with van der Waals surface area (Å²) in [4.78, 5) is 11.6. The SMILES string of the molecule is CC1CC(N)C(=O)c2ccccc21. The van der Waals surface area contributed by atoms with Crippen molar-refractivity contribution in [2.75, 3.05) is 0 Å². The lowest BCUT2D eigenvalue weighted by molar-refractivity contribution is 0.0943. The number of benzene rings is 1. The fourth-order valence-electron chi connectivity index (χ4n) is 1.97. The number of hydrogen-bond acceptors (Lipinski definition) is 2. The highest BCUT2D eigenvalue weighted by molar-refractivity contribution is 6.02. The Morgan fingerprint density at radius 1 is 1.38 bits per heavy atom. The van der Waals surface area contributed by atoms with E-state index in [2.05, 4.69) is 6.92 Å². The van der Waals surface area contributed by atoms with Crippen molar-refractivity contribution in [3.63, 3.8) is 0 Å². The molecule has 2 N–H and O–H groups in total. The highest BCUT2D eigenvalue weighted by Crippen LogP contribution is 2.29. The van der Waals surface area contributed by atoms with E-state index in [0.717, 1.165) is 17.5 Å². The first-order valence-electron chi connectivity index (χ1n) is 4.59. The van der Waals surface area contributed by atoms with Gasteiger partial charge in [-0.05, 0) is 17.9 Å².